The van der Waals surface area contributed by atoms with Crippen molar-refractivity contribution in [2.45, 2.75) is 38.0 Å². The molecule has 134 valence electrons. The number of nitrogens with one attached hydrogen (secondary N) is 1. The van der Waals surface area contributed by atoms with Crippen LogP contribution in [0.1, 0.15) is 43.6 Å². The first kappa shape index (κ1) is 19.1. The number of ether oxygens (including phenoxy) is 1. The number of carbonyl (C=O) groups is 1. The number of likely N-dealkylation sites (tertiary alicyclic amines) is 1. The number of amides is 1. The van der Waals surface area contributed by atoms with Gasteiger partial charge >= 0.3 is 0 Å². The molecule has 0 aliphatic carbocycles. The Kier molecular flexibility index (Phi) is 7.38. The highest BCUT2D eigenvalue weighted by Crippen LogP contribution is 2.29. The van der Waals surface area contributed by atoms with Crippen LogP contribution >= 0.6 is 12.4 Å². The molecule has 2 aliphatic heterocycles. The minimum absolute atomic E-state index is 0. The van der Waals surface area contributed by atoms with Gasteiger partial charge in [0.15, 0.2) is 0 Å². The lowest BCUT2D eigenvalue weighted by atomic mass is 9.89. The lowest BCUT2D eigenvalue weighted by Crippen LogP contribution is -2.38. The van der Waals surface area contributed by atoms with Gasteiger partial charge in [0.05, 0.1) is 7.11 Å². The SMILES string of the molecule is COc1ccc(C2CCN(C(=O)CCC3CCNC3)CC2)cc1.Cl. The predicted octanol–water partition coefficient (Wildman–Crippen LogP) is 3.21. The molecule has 1 atom stereocenters. The zero-order valence-corrected chi connectivity index (χ0v) is 15.3. The lowest BCUT2D eigenvalue weighted by molar-refractivity contribution is -0.132. The van der Waals surface area contributed by atoms with E-state index in [9.17, 15) is 4.79 Å². The average molecular weight is 353 g/mol. The molecule has 2 heterocycles. The van der Waals surface area contributed by atoms with Gasteiger partial charge in [-0.2, -0.15) is 0 Å². The number of nitrogens with zero attached hydrogens (tertiary/aromatic N) is 1. The Labute approximate surface area is 151 Å². The standard InChI is InChI=1S/C19H28N2O2.ClH/c1-23-18-5-3-16(4-6-18)17-9-12-21(13-10-17)19(22)7-2-15-8-11-20-14-15;/h3-6,15,17,20H,2,7-14H2,1H3;1H. The van der Waals surface area contributed by atoms with Crippen LogP contribution in [-0.2, 0) is 4.79 Å². The molecule has 24 heavy (non-hydrogen) atoms. The van der Waals surface area contributed by atoms with E-state index >= 15 is 0 Å². The van der Waals surface area contributed by atoms with Gasteiger partial charge in [0.2, 0.25) is 5.91 Å². The van der Waals surface area contributed by atoms with Gasteiger partial charge in [-0.1, -0.05) is 12.1 Å². The zero-order chi connectivity index (χ0) is 16.1. The maximum Gasteiger partial charge on any atom is 0.222 e. The molecule has 2 saturated heterocycles. The monoisotopic (exact) mass is 352 g/mol. The van der Waals surface area contributed by atoms with Crippen molar-refractivity contribution in [3.8, 4) is 5.75 Å². The zero-order valence-electron chi connectivity index (χ0n) is 14.5. The first-order valence-corrected chi connectivity index (χ1v) is 8.88. The number of halogens is 1. The summed E-state index contributed by atoms with van der Waals surface area (Å²) in [7, 11) is 1.70. The van der Waals surface area contributed by atoms with E-state index in [1.54, 1.807) is 7.11 Å². The third-order valence-corrected chi connectivity index (χ3v) is 5.36. The smallest absolute Gasteiger partial charge is 0.222 e. The van der Waals surface area contributed by atoms with Crippen LogP contribution in [0, 0.1) is 5.92 Å². The number of rotatable bonds is 5. The van der Waals surface area contributed by atoms with E-state index < -0.39 is 0 Å². The number of piperidine rings is 1. The molecule has 2 aliphatic rings. The van der Waals surface area contributed by atoms with Crippen molar-refractivity contribution in [3.05, 3.63) is 29.8 Å². The van der Waals surface area contributed by atoms with Gasteiger partial charge < -0.3 is 15.0 Å². The van der Waals surface area contributed by atoms with Crippen LogP contribution in [0.3, 0.4) is 0 Å². The van der Waals surface area contributed by atoms with E-state index in [0.29, 0.717) is 17.7 Å². The summed E-state index contributed by atoms with van der Waals surface area (Å²) in [6.07, 6.45) is 5.14. The summed E-state index contributed by atoms with van der Waals surface area (Å²) in [6, 6.07) is 8.38. The molecule has 0 bridgehead atoms. The number of carbonyl (C=O) groups excluding carboxylic acids is 1. The van der Waals surface area contributed by atoms with Crippen molar-refractivity contribution in [1.82, 2.24) is 10.2 Å². The molecule has 5 heteroatoms. The summed E-state index contributed by atoms with van der Waals surface area (Å²) < 4.78 is 5.22. The van der Waals surface area contributed by atoms with Gasteiger partial charge in [0.25, 0.3) is 0 Å². The molecule has 0 aromatic heterocycles. The normalized spacial score (nSPS) is 21.4. The lowest BCUT2D eigenvalue weighted by Gasteiger charge is -2.32. The van der Waals surface area contributed by atoms with Crippen LogP contribution in [0.4, 0.5) is 0 Å². The second kappa shape index (κ2) is 9.28. The van der Waals surface area contributed by atoms with E-state index in [1.165, 1.54) is 12.0 Å². The Bertz CT molecular complexity index is 507. The fraction of sp³-hybridized carbons (Fsp3) is 0.632. The van der Waals surface area contributed by atoms with Gasteiger partial charge in [0.1, 0.15) is 5.75 Å². The van der Waals surface area contributed by atoms with E-state index in [2.05, 4.69) is 22.3 Å². The number of benzene rings is 1. The van der Waals surface area contributed by atoms with Crippen molar-refractivity contribution in [2.75, 3.05) is 33.3 Å². The second-order valence-corrected chi connectivity index (χ2v) is 6.83. The third kappa shape index (κ3) is 4.87. The third-order valence-electron chi connectivity index (χ3n) is 5.36. The van der Waals surface area contributed by atoms with Crippen LogP contribution in [0.2, 0.25) is 0 Å². The number of methoxy groups -OCH3 is 1. The molecule has 0 spiro atoms. The molecule has 0 saturated carbocycles. The van der Waals surface area contributed by atoms with E-state index in [1.807, 2.05) is 12.1 Å². The molecule has 0 radical (unpaired) electrons. The van der Waals surface area contributed by atoms with E-state index in [-0.39, 0.29) is 12.4 Å². The molecule has 1 unspecified atom stereocenters. The van der Waals surface area contributed by atoms with Gasteiger partial charge in [-0.3, -0.25) is 4.79 Å². The van der Waals surface area contributed by atoms with E-state index in [0.717, 1.165) is 57.6 Å². The first-order chi connectivity index (χ1) is 11.3. The Morgan fingerprint density at radius 1 is 1.21 bits per heavy atom. The van der Waals surface area contributed by atoms with Crippen molar-refractivity contribution >= 4 is 18.3 Å². The number of hydrogen-bond donors (Lipinski definition) is 1. The highest BCUT2D eigenvalue weighted by atomic mass is 35.5. The fourth-order valence-electron chi connectivity index (χ4n) is 3.78. The van der Waals surface area contributed by atoms with Gasteiger partial charge in [0, 0.05) is 19.5 Å². The quantitative estimate of drug-likeness (QED) is 0.884. The van der Waals surface area contributed by atoms with Gasteiger partial charge in [-0.15, -0.1) is 12.4 Å². The Balaban J connectivity index is 0.00000208. The average Bonchev–Trinajstić information content (AvgIpc) is 3.13. The largest absolute Gasteiger partial charge is 0.497 e. The number of hydrogen-bond acceptors (Lipinski definition) is 3. The molecule has 2 fully saturated rings. The Morgan fingerprint density at radius 3 is 2.50 bits per heavy atom. The topological polar surface area (TPSA) is 41.6 Å². The van der Waals surface area contributed by atoms with Crippen molar-refractivity contribution < 1.29 is 9.53 Å². The molecule has 1 N–H and O–H groups in total. The second-order valence-electron chi connectivity index (χ2n) is 6.83. The first-order valence-electron chi connectivity index (χ1n) is 8.88. The maximum atomic E-state index is 12.4. The van der Waals surface area contributed by atoms with Crippen LogP contribution in [0.15, 0.2) is 24.3 Å². The van der Waals surface area contributed by atoms with Crippen LogP contribution in [0.5, 0.6) is 5.75 Å². The minimum atomic E-state index is 0. The summed E-state index contributed by atoms with van der Waals surface area (Å²) in [5.74, 6) is 2.53. The van der Waals surface area contributed by atoms with Gasteiger partial charge in [-0.05, 0) is 68.3 Å². The summed E-state index contributed by atoms with van der Waals surface area (Å²) in [6.45, 7) is 4.01. The molecule has 3 rings (SSSR count). The van der Waals surface area contributed by atoms with Crippen LogP contribution in [-0.4, -0.2) is 44.1 Å². The van der Waals surface area contributed by atoms with Crippen molar-refractivity contribution in [1.29, 1.82) is 0 Å². The molecule has 1 aromatic carbocycles. The maximum absolute atomic E-state index is 12.4. The molecular weight excluding hydrogens is 324 g/mol. The Morgan fingerprint density at radius 2 is 1.92 bits per heavy atom. The van der Waals surface area contributed by atoms with Crippen LogP contribution < -0.4 is 10.1 Å². The van der Waals surface area contributed by atoms with E-state index in [4.69, 9.17) is 4.74 Å². The summed E-state index contributed by atoms with van der Waals surface area (Å²) in [4.78, 5) is 14.4. The summed E-state index contributed by atoms with van der Waals surface area (Å²) in [5, 5.41) is 3.37. The molecular formula is C19H29ClN2O2. The molecule has 1 amide bonds. The predicted molar refractivity (Wildman–Crippen MR) is 99.0 cm³/mol. The van der Waals surface area contributed by atoms with Crippen molar-refractivity contribution in [3.63, 3.8) is 0 Å². The highest BCUT2D eigenvalue weighted by Gasteiger charge is 2.24. The molecule has 4 nitrogen and oxygen atoms in total. The minimum Gasteiger partial charge on any atom is -0.497 e. The highest BCUT2D eigenvalue weighted by molar-refractivity contribution is 5.85. The molecule has 1 aromatic rings. The summed E-state index contributed by atoms with van der Waals surface area (Å²) in [5.41, 5.74) is 1.37. The Hall–Kier alpha value is -1.26. The summed E-state index contributed by atoms with van der Waals surface area (Å²) >= 11 is 0. The van der Waals surface area contributed by atoms with Crippen LogP contribution in [0.25, 0.3) is 0 Å². The fourth-order valence-corrected chi connectivity index (χ4v) is 3.78. The van der Waals surface area contributed by atoms with Gasteiger partial charge in [-0.25, -0.2) is 0 Å². The van der Waals surface area contributed by atoms with Crippen molar-refractivity contribution in [2.24, 2.45) is 5.92 Å².